The van der Waals surface area contributed by atoms with E-state index in [1.165, 1.54) is 0 Å². The zero-order valence-corrected chi connectivity index (χ0v) is 16.1. The minimum absolute atomic E-state index is 0.153. The van der Waals surface area contributed by atoms with Gasteiger partial charge in [0.2, 0.25) is 5.91 Å². The molecule has 0 atom stereocenters. The highest BCUT2D eigenvalue weighted by Gasteiger charge is 2.13. The Balaban J connectivity index is 1.72. The normalized spacial score (nSPS) is 11.1. The van der Waals surface area contributed by atoms with Crippen LogP contribution in [0.2, 0.25) is 10.0 Å². The minimum atomic E-state index is -0.230. The van der Waals surface area contributed by atoms with Crippen molar-refractivity contribution in [1.29, 1.82) is 0 Å². The van der Waals surface area contributed by atoms with Gasteiger partial charge in [0, 0.05) is 15.7 Å². The molecule has 0 aliphatic carbocycles. The van der Waals surface area contributed by atoms with E-state index in [2.05, 4.69) is 15.3 Å². The van der Waals surface area contributed by atoms with Crippen LogP contribution in [0.5, 0.6) is 0 Å². The van der Waals surface area contributed by atoms with Crippen LogP contribution in [0.15, 0.2) is 47.3 Å². The van der Waals surface area contributed by atoms with Gasteiger partial charge in [-0.1, -0.05) is 36.2 Å². The third-order valence-electron chi connectivity index (χ3n) is 4.01. The Kier molecular flexibility index (Phi) is 6.11. The SMILES string of the molecule is CCN(CC(=O)Nc1cccc(Cl)c1)Cc1nc2cc(Cl)ccc2c(=O)[nH]1. The summed E-state index contributed by atoms with van der Waals surface area (Å²) < 4.78 is 0. The number of carbonyl (C=O) groups is 1. The van der Waals surface area contributed by atoms with E-state index >= 15 is 0 Å². The van der Waals surface area contributed by atoms with Gasteiger partial charge >= 0.3 is 0 Å². The standard InChI is InChI=1S/C19H18Cl2N4O2/c1-2-25(11-18(26)22-14-5-3-4-12(20)8-14)10-17-23-16-9-13(21)6-7-15(16)19(27)24-17/h3-9H,2,10-11H2,1H3,(H,22,26)(H,23,24,27). The van der Waals surface area contributed by atoms with E-state index in [1.807, 2.05) is 11.8 Å². The molecule has 0 radical (unpaired) electrons. The van der Waals surface area contributed by atoms with Crippen molar-refractivity contribution in [2.75, 3.05) is 18.4 Å². The molecule has 0 spiro atoms. The molecule has 1 aromatic heterocycles. The van der Waals surface area contributed by atoms with Gasteiger partial charge in [0.1, 0.15) is 5.82 Å². The number of rotatable bonds is 6. The molecule has 0 aliphatic heterocycles. The summed E-state index contributed by atoms with van der Waals surface area (Å²) in [7, 11) is 0. The van der Waals surface area contributed by atoms with Gasteiger partial charge in [0.15, 0.2) is 0 Å². The summed E-state index contributed by atoms with van der Waals surface area (Å²) in [5.74, 6) is 0.303. The van der Waals surface area contributed by atoms with Gasteiger partial charge in [-0.3, -0.25) is 14.5 Å². The monoisotopic (exact) mass is 404 g/mol. The molecule has 3 rings (SSSR count). The second kappa shape index (κ2) is 8.52. The van der Waals surface area contributed by atoms with Gasteiger partial charge in [-0.05, 0) is 42.9 Å². The molecule has 1 amide bonds. The number of aromatic amines is 1. The first kappa shape index (κ1) is 19.4. The summed E-state index contributed by atoms with van der Waals surface area (Å²) in [6.07, 6.45) is 0. The number of carbonyl (C=O) groups excluding carboxylic acids is 1. The number of fused-ring (bicyclic) bond motifs is 1. The van der Waals surface area contributed by atoms with Gasteiger partial charge in [0.05, 0.1) is 24.0 Å². The molecule has 1 heterocycles. The first-order valence-electron chi connectivity index (χ1n) is 8.41. The van der Waals surface area contributed by atoms with E-state index in [0.29, 0.717) is 45.5 Å². The van der Waals surface area contributed by atoms with Crippen LogP contribution in [-0.2, 0) is 11.3 Å². The third kappa shape index (κ3) is 5.07. The Labute approximate surface area is 166 Å². The maximum absolute atomic E-state index is 12.3. The van der Waals surface area contributed by atoms with Crippen LogP contribution >= 0.6 is 23.2 Å². The lowest BCUT2D eigenvalue weighted by Crippen LogP contribution is -2.33. The summed E-state index contributed by atoms with van der Waals surface area (Å²) in [6.45, 7) is 3.03. The van der Waals surface area contributed by atoms with Crippen LogP contribution in [0.25, 0.3) is 10.9 Å². The molecule has 2 N–H and O–H groups in total. The molecule has 0 fully saturated rings. The molecule has 2 aromatic carbocycles. The zero-order chi connectivity index (χ0) is 19.4. The number of amides is 1. The maximum Gasteiger partial charge on any atom is 0.258 e. The molecule has 0 aliphatic rings. The molecule has 140 valence electrons. The summed E-state index contributed by atoms with van der Waals surface area (Å²) in [6, 6.07) is 11.9. The quantitative estimate of drug-likeness (QED) is 0.656. The second-order valence-electron chi connectivity index (χ2n) is 6.04. The Hall–Kier alpha value is -2.41. The molecule has 0 saturated heterocycles. The number of aromatic nitrogens is 2. The van der Waals surface area contributed by atoms with Crippen molar-refractivity contribution in [2.45, 2.75) is 13.5 Å². The average Bonchev–Trinajstić information content (AvgIpc) is 2.60. The lowest BCUT2D eigenvalue weighted by Gasteiger charge is -2.19. The van der Waals surface area contributed by atoms with Gasteiger partial charge in [-0.2, -0.15) is 0 Å². The predicted molar refractivity (Wildman–Crippen MR) is 108 cm³/mol. The van der Waals surface area contributed by atoms with Gasteiger partial charge in [-0.25, -0.2) is 4.98 Å². The van der Waals surface area contributed by atoms with Crippen molar-refractivity contribution < 1.29 is 4.79 Å². The number of anilines is 1. The maximum atomic E-state index is 12.3. The van der Waals surface area contributed by atoms with E-state index in [-0.39, 0.29) is 18.0 Å². The number of likely N-dealkylation sites (N-methyl/N-ethyl adjacent to an activating group) is 1. The van der Waals surface area contributed by atoms with Gasteiger partial charge in [0.25, 0.3) is 5.56 Å². The van der Waals surface area contributed by atoms with Crippen LogP contribution in [0.4, 0.5) is 5.69 Å². The van der Waals surface area contributed by atoms with E-state index in [1.54, 1.807) is 42.5 Å². The fourth-order valence-electron chi connectivity index (χ4n) is 2.70. The summed E-state index contributed by atoms with van der Waals surface area (Å²) in [5, 5.41) is 4.35. The zero-order valence-electron chi connectivity index (χ0n) is 14.6. The lowest BCUT2D eigenvalue weighted by atomic mass is 10.2. The fraction of sp³-hybridized carbons (Fsp3) is 0.211. The first-order valence-corrected chi connectivity index (χ1v) is 9.16. The second-order valence-corrected chi connectivity index (χ2v) is 6.91. The van der Waals surface area contributed by atoms with Crippen LogP contribution < -0.4 is 10.9 Å². The van der Waals surface area contributed by atoms with Gasteiger partial charge < -0.3 is 10.3 Å². The Morgan fingerprint density at radius 1 is 1.19 bits per heavy atom. The summed E-state index contributed by atoms with van der Waals surface area (Å²) in [4.78, 5) is 33.6. The highest BCUT2D eigenvalue weighted by atomic mass is 35.5. The number of nitrogens with one attached hydrogen (secondary N) is 2. The first-order chi connectivity index (χ1) is 12.9. The number of hydrogen-bond acceptors (Lipinski definition) is 4. The third-order valence-corrected chi connectivity index (χ3v) is 4.48. The highest BCUT2D eigenvalue weighted by Crippen LogP contribution is 2.16. The van der Waals surface area contributed by atoms with E-state index in [9.17, 15) is 9.59 Å². The molecule has 0 unspecified atom stereocenters. The average molecular weight is 405 g/mol. The largest absolute Gasteiger partial charge is 0.325 e. The smallest absolute Gasteiger partial charge is 0.258 e. The minimum Gasteiger partial charge on any atom is -0.325 e. The lowest BCUT2D eigenvalue weighted by molar-refractivity contribution is -0.117. The molecule has 8 heteroatoms. The molecule has 27 heavy (non-hydrogen) atoms. The van der Waals surface area contributed by atoms with Crippen molar-refractivity contribution >= 4 is 45.7 Å². The van der Waals surface area contributed by atoms with Gasteiger partial charge in [-0.15, -0.1) is 0 Å². The molecular weight excluding hydrogens is 387 g/mol. The van der Waals surface area contributed by atoms with Crippen molar-refractivity contribution in [1.82, 2.24) is 14.9 Å². The molecule has 0 saturated carbocycles. The molecule has 0 bridgehead atoms. The fourth-order valence-corrected chi connectivity index (χ4v) is 3.05. The number of H-pyrrole nitrogens is 1. The highest BCUT2D eigenvalue weighted by molar-refractivity contribution is 6.31. The molecule has 3 aromatic rings. The Morgan fingerprint density at radius 2 is 1.96 bits per heavy atom. The Bertz CT molecular complexity index is 1040. The number of benzene rings is 2. The van der Waals surface area contributed by atoms with E-state index in [4.69, 9.17) is 23.2 Å². The van der Waals surface area contributed by atoms with Crippen molar-refractivity contribution in [3.05, 3.63) is 68.7 Å². The number of halogens is 2. The van der Waals surface area contributed by atoms with Crippen LogP contribution in [0, 0.1) is 0 Å². The van der Waals surface area contributed by atoms with Crippen LogP contribution in [0.3, 0.4) is 0 Å². The summed E-state index contributed by atoms with van der Waals surface area (Å²) in [5.41, 5.74) is 0.933. The van der Waals surface area contributed by atoms with Crippen molar-refractivity contribution in [3.8, 4) is 0 Å². The van der Waals surface area contributed by atoms with E-state index in [0.717, 1.165) is 0 Å². The van der Waals surface area contributed by atoms with Crippen molar-refractivity contribution in [2.24, 2.45) is 0 Å². The van der Waals surface area contributed by atoms with Crippen molar-refractivity contribution in [3.63, 3.8) is 0 Å². The predicted octanol–water partition coefficient (Wildman–Crippen LogP) is 3.69. The molecular formula is C19H18Cl2N4O2. The summed E-state index contributed by atoms with van der Waals surface area (Å²) >= 11 is 11.9. The van der Waals surface area contributed by atoms with Crippen LogP contribution in [-0.4, -0.2) is 33.9 Å². The van der Waals surface area contributed by atoms with E-state index < -0.39 is 0 Å². The Morgan fingerprint density at radius 3 is 2.70 bits per heavy atom. The number of nitrogens with zero attached hydrogens (tertiary/aromatic N) is 2. The van der Waals surface area contributed by atoms with Crippen LogP contribution in [0.1, 0.15) is 12.7 Å². The topological polar surface area (TPSA) is 78.1 Å². The molecule has 6 nitrogen and oxygen atoms in total. The number of hydrogen-bond donors (Lipinski definition) is 2.